The topological polar surface area (TPSA) is 316 Å². The molecule has 4 N–H and O–H groups in total. The van der Waals surface area contributed by atoms with Gasteiger partial charge in [0.1, 0.15) is 13.2 Å². The van der Waals surface area contributed by atoms with Crippen molar-refractivity contribution in [3.63, 3.8) is 0 Å². The lowest BCUT2D eigenvalue weighted by molar-refractivity contribution is -0.156. The van der Waals surface area contributed by atoms with Gasteiger partial charge in [-0.15, -0.1) is 0 Å². The first-order chi connectivity index (χ1) is 30.5. The van der Waals surface area contributed by atoms with Crippen molar-refractivity contribution in [3.05, 3.63) is 23.8 Å². The number of carbonyl (C=O) groups is 6. The van der Waals surface area contributed by atoms with Gasteiger partial charge in [-0.2, -0.15) is 0 Å². The average molecular weight is 1010 g/mol. The minimum absolute atomic E-state index is 0.0172. The molecule has 2 saturated heterocycles. The Labute approximate surface area is 384 Å². The van der Waals surface area contributed by atoms with Crippen molar-refractivity contribution in [1.82, 2.24) is 9.80 Å². The van der Waals surface area contributed by atoms with Gasteiger partial charge in [-0.25, -0.2) is 14.4 Å². The van der Waals surface area contributed by atoms with Crippen LogP contribution in [0.4, 0.5) is 9.59 Å². The first-order valence-corrected chi connectivity index (χ1v) is 26.4. The summed E-state index contributed by atoms with van der Waals surface area (Å²) in [5.74, 6) is -2.51. The Balaban J connectivity index is 0.000000496. The largest absolute Gasteiger partial charge is 0.493 e. The van der Waals surface area contributed by atoms with Gasteiger partial charge in [0, 0.05) is 26.4 Å². The molecule has 0 saturated carbocycles. The van der Waals surface area contributed by atoms with Crippen LogP contribution in [0.2, 0.25) is 0 Å². The van der Waals surface area contributed by atoms with E-state index in [2.05, 4.69) is 15.3 Å². The number of methoxy groups -OCH3 is 1. The van der Waals surface area contributed by atoms with Crippen LogP contribution in [0.3, 0.4) is 0 Å². The second kappa shape index (κ2) is 28.8. The molecule has 1 aromatic rings. The van der Waals surface area contributed by atoms with E-state index >= 15 is 0 Å². The van der Waals surface area contributed by atoms with E-state index in [9.17, 15) is 47.7 Å². The molecule has 66 heavy (non-hydrogen) atoms. The number of carbonyl (C=O) groups excluding carboxylic acids is 6. The van der Waals surface area contributed by atoms with E-state index in [0.29, 0.717) is 25.9 Å². The SMILES string of the molecule is C=P(O)(O)Oc1ccc(C(=O)OCOC(=O)C(C)C)cc1OC.CC(C)C(=O)OCC1CCCCN1C(=O)OCOP(C)(=O)O.CC(C)C(=O)OCC1CCCN1C(=O)OCOP(C)(=O)O. The van der Waals surface area contributed by atoms with Crippen molar-refractivity contribution >= 4 is 65.1 Å². The number of hydrogen-bond donors (Lipinski definition) is 4. The van der Waals surface area contributed by atoms with E-state index in [-0.39, 0.29) is 72.1 Å². The summed E-state index contributed by atoms with van der Waals surface area (Å²) in [6.45, 7) is 11.8. The summed E-state index contributed by atoms with van der Waals surface area (Å²) in [6.07, 6.45) is 5.77. The average Bonchev–Trinajstić information content (AvgIpc) is 3.69. The molecule has 1 aromatic carbocycles. The van der Waals surface area contributed by atoms with Gasteiger partial charge >= 0.3 is 51.3 Å². The smallest absolute Gasteiger partial charge is 0.412 e. The van der Waals surface area contributed by atoms with E-state index in [1.54, 1.807) is 41.5 Å². The molecular weight excluding hydrogens is 941 g/mol. The third-order valence-corrected chi connectivity index (χ3v) is 10.4. The Hall–Kier alpha value is -4.24. The number of amides is 2. The normalized spacial score (nSPS) is 17.7. The van der Waals surface area contributed by atoms with Crippen LogP contribution in [0.15, 0.2) is 18.2 Å². The van der Waals surface area contributed by atoms with Crippen LogP contribution in [0.1, 0.15) is 84.0 Å². The maximum Gasteiger partial charge on any atom is 0.412 e. The molecule has 0 aliphatic carbocycles. The van der Waals surface area contributed by atoms with E-state index in [1.807, 2.05) is 0 Å². The second-order valence-corrected chi connectivity index (χ2v) is 20.9. The van der Waals surface area contributed by atoms with E-state index < -0.39 is 67.3 Å². The van der Waals surface area contributed by atoms with Crippen LogP contribution in [0, 0.1) is 17.8 Å². The van der Waals surface area contributed by atoms with Crippen LogP contribution in [0.25, 0.3) is 0 Å². The lowest BCUT2D eigenvalue weighted by Crippen LogP contribution is -2.47. The van der Waals surface area contributed by atoms with Crippen molar-refractivity contribution in [2.75, 3.05) is 67.1 Å². The Morgan fingerprint density at radius 2 is 1.08 bits per heavy atom. The molecule has 0 radical (unpaired) electrons. The third-order valence-electron chi connectivity index (χ3n) is 8.71. The molecule has 4 atom stereocenters. The molecule has 2 amide bonds. The number of benzene rings is 1. The molecule has 2 aliphatic heterocycles. The summed E-state index contributed by atoms with van der Waals surface area (Å²) in [7, 11) is -9.79. The quantitative estimate of drug-likeness (QED) is 0.0605. The zero-order valence-corrected chi connectivity index (χ0v) is 41.4. The maximum absolute atomic E-state index is 12.0. The number of hydrogen-bond acceptors (Lipinski definition) is 20. The number of ether oxygens (including phenoxy) is 7. The summed E-state index contributed by atoms with van der Waals surface area (Å²) >= 11 is 0. The summed E-state index contributed by atoms with van der Waals surface area (Å²) in [5, 5.41) is 0. The number of nitrogens with zero attached hydrogens (tertiary/aromatic N) is 2. The molecule has 4 unspecified atom stereocenters. The lowest BCUT2D eigenvalue weighted by Gasteiger charge is -2.34. The van der Waals surface area contributed by atoms with Crippen LogP contribution in [0.5, 0.6) is 11.5 Å². The monoisotopic (exact) mass is 1010 g/mol. The molecule has 0 spiro atoms. The van der Waals surface area contributed by atoms with Gasteiger partial charge < -0.3 is 67.1 Å². The standard InChI is InChI=1S/C14H19O8P.C13H24NO7P.C12H22NO7P/c1-9(2)13(15)20-8-21-14(16)10-5-6-11(12(7-10)19-3)22-23(4,17)18;1-10(2)12(15)19-8-11-6-4-5-7-14(11)13(16)20-9-21-22(3,17)18;1-9(2)11(14)18-7-10-5-4-6-13(10)12(15)19-8-20-21(3,16)17/h5-7,9,17-18H,4,8H2,1-3H3;10-11H,4-9H2,1-3H3,(H,17,18);9-10H,4-8H2,1-3H3,(H,16,17). The van der Waals surface area contributed by atoms with Gasteiger partial charge in [-0.05, 0) is 56.6 Å². The molecule has 24 nitrogen and oxygen atoms in total. The summed E-state index contributed by atoms with van der Waals surface area (Å²) in [4.78, 5) is 109. The van der Waals surface area contributed by atoms with Gasteiger partial charge in [0.05, 0.1) is 42.5 Å². The van der Waals surface area contributed by atoms with Gasteiger partial charge in [0.15, 0.2) is 11.5 Å². The van der Waals surface area contributed by atoms with Crippen molar-refractivity contribution < 1.29 is 104 Å². The molecule has 0 bridgehead atoms. The molecule has 3 rings (SSSR count). The van der Waals surface area contributed by atoms with Crippen LogP contribution < -0.4 is 9.26 Å². The van der Waals surface area contributed by atoms with Crippen molar-refractivity contribution in [3.8, 4) is 11.5 Å². The first kappa shape index (κ1) is 59.8. The first-order valence-electron chi connectivity index (χ1n) is 20.5. The van der Waals surface area contributed by atoms with Crippen molar-refractivity contribution in [2.45, 2.75) is 85.7 Å². The summed E-state index contributed by atoms with van der Waals surface area (Å²) in [6, 6.07) is 3.45. The second-order valence-electron chi connectivity index (χ2n) is 15.6. The molecule has 0 aromatic heterocycles. The van der Waals surface area contributed by atoms with Crippen molar-refractivity contribution in [1.29, 1.82) is 0 Å². The zero-order valence-electron chi connectivity index (χ0n) is 38.7. The number of esters is 4. The highest BCUT2D eigenvalue weighted by atomic mass is 31.2. The Kier molecular flexibility index (Phi) is 26.1. The highest BCUT2D eigenvalue weighted by Gasteiger charge is 2.32. The van der Waals surface area contributed by atoms with E-state index in [4.69, 9.17) is 47.5 Å². The van der Waals surface area contributed by atoms with E-state index in [0.717, 1.165) is 32.6 Å². The Morgan fingerprint density at radius 3 is 1.50 bits per heavy atom. The fraction of sp³-hybridized carbons (Fsp3) is 0.667. The predicted molar refractivity (Wildman–Crippen MR) is 235 cm³/mol. The van der Waals surface area contributed by atoms with Gasteiger partial charge in [-0.1, -0.05) is 41.5 Å². The highest BCUT2D eigenvalue weighted by Crippen LogP contribution is 2.42. The van der Waals surface area contributed by atoms with Crippen LogP contribution in [-0.4, -0.2) is 151 Å². The number of piperidine rings is 1. The van der Waals surface area contributed by atoms with Crippen LogP contribution in [-0.2, 0) is 61.0 Å². The highest BCUT2D eigenvalue weighted by molar-refractivity contribution is 7.58. The molecule has 2 aliphatic rings. The fourth-order valence-electron chi connectivity index (χ4n) is 5.29. The van der Waals surface area contributed by atoms with Gasteiger partial charge in [0.2, 0.25) is 20.4 Å². The lowest BCUT2D eigenvalue weighted by atomic mass is 10.0. The minimum atomic E-state index is -3.76. The Bertz CT molecular complexity index is 1890. The Morgan fingerprint density at radius 1 is 0.636 bits per heavy atom. The number of likely N-dealkylation sites (tertiary alicyclic amines) is 2. The van der Waals surface area contributed by atoms with Crippen LogP contribution >= 0.6 is 22.8 Å². The van der Waals surface area contributed by atoms with Crippen molar-refractivity contribution in [2.24, 2.45) is 17.8 Å². The molecule has 2 heterocycles. The number of rotatable bonds is 19. The molecule has 378 valence electrons. The zero-order chi connectivity index (χ0) is 50.4. The fourth-order valence-corrected chi connectivity index (χ4v) is 6.25. The predicted octanol–water partition coefficient (Wildman–Crippen LogP) is 5.11. The minimum Gasteiger partial charge on any atom is -0.493 e. The maximum atomic E-state index is 12.0. The van der Waals surface area contributed by atoms with Gasteiger partial charge in [0.25, 0.3) is 7.57 Å². The van der Waals surface area contributed by atoms with E-state index in [1.165, 1.54) is 35.1 Å². The summed E-state index contributed by atoms with van der Waals surface area (Å²) < 4.78 is 70.2. The van der Waals surface area contributed by atoms with Gasteiger partial charge in [-0.3, -0.25) is 32.6 Å². The molecule has 2 fully saturated rings. The third kappa shape index (κ3) is 25.0. The molecule has 27 heteroatoms. The molecular formula is C39H65N2O22P3. The summed E-state index contributed by atoms with van der Waals surface area (Å²) in [5.41, 5.74) is 0.110.